The topological polar surface area (TPSA) is 162 Å². The average molecular weight is 897 g/mol. The molecule has 0 fully saturated rings. The summed E-state index contributed by atoms with van der Waals surface area (Å²) >= 11 is 0. The number of fused-ring (bicyclic) bond motifs is 3. The summed E-state index contributed by atoms with van der Waals surface area (Å²) in [5, 5.41) is 4.99. The number of carbonyl (C=O) groups excluding carboxylic acids is 5. The lowest BCUT2D eigenvalue weighted by Gasteiger charge is -2.37. The molecule has 3 N–H and O–H groups in total. The van der Waals surface area contributed by atoms with Gasteiger partial charge in [0.15, 0.2) is 0 Å². The molecular formula is C54H56N8O5. The molecule has 0 aliphatic carbocycles. The molecule has 2 aromatic heterocycles. The highest BCUT2D eigenvalue weighted by Crippen LogP contribution is 2.31. The van der Waals surface area contributed by atoms with E-state index >= 15 is 9.59 Å². The van der Waals surface area contributed by atoms with Crippen LogP contribution in [0.15, 0.2) is 164 Å². The molecule has 0 aliphatic heterocycles. The predicted molar refractivity (Wildman–Crippen MR) is 261 cm³/mol. The Morgan fingerprint density at radius 1 is 0.463 bits per heavy atom. The highest BCUT2D eigenvalue weighted by atomic mass is 16.2. The molecule has 5 aromatic carbocycles. The molecule has 0 aliphatic rings. The number of nitrogens with two attached hydrogens (primary N) is 1. The van der Waals surface area contributed by atoms with Gasteiger partial charge in [0.05, 0.1) is 48.3 Å². The molecule has 7 rings (SSSR count). The van der Waals surface area contributed by atoms with Gasteiger partial charge in [-0.25, -0.2) is 0 Å². The second-order valence-corrected chi connectivity index (χ2v) is 16.7. The third-order valence-corrected chi connectivity index (χ3v) is 12.4. The Kier molecular flexibility index (Phi) is 15.3. The number of aromatic nitrogens is 2. The molecule has 0 saturated heterocycles. The fourth-order valence-corrected chi connectivity index (χ4v) is 8.48. The van der Waals surface area contributed by atoms with Crippen molar-refractivity contribution in [3.8, 4) is 0 Å². The first-order chi connectivity index (χ1) is 32.4. The van der Waals surface area contributed by atoms with Gasteiger partial charge in [0.2, 0.25) is 29.5 Å². The summed E-state index contributed by atoms with van der Waals surface area (Å²) in [4.78, 5) is 86.6. The van der Waals surface area contributed by atoms with Gasteiger partial charge < -0.3 is 30.7 Å². The van der Waals surface area contributed by atoms with Crippen LogP contribution in [0.5, 0.6) is 0 Å². The van der Waals surface area contributed by atoms with E-state index in [0.717, 1.165) is 38.5 Å². The summed E-state index contributed by atoms with van der Waals surface area (Å²) in [6, 6.07) is 44.6. The van der Waals surface area contributed by atoms with Gasteiger partial charge in [0.25, 0.3) is 0 Å². The smallest absolute Gasteiger partial charge is 0.243 e. The van der Waals surface area contributed by atoms with Crippen LogP contribution in [-0.2, 0) is 24.0 Å². The number of pyridine rings is 2. The summed E-state index contributed by atoms with van der Waals surface area (Å²) < 4.78 is 0. The third kappa shape index (κ3) is 11.3. The summed E-state index contributed by atoms with van der Waals surface area (Å²) in [6.07, 6.45) is 3.43. The predicted octanol–water partition coefficient (Wildman–Crippen LogP) is 8.04. The van der Waals surface area contributed by atoms with Crippen molar-refractivity contribution in [2.75, 3.05) is 38.0 Å². The lowest BCUT2D eigenvalue weighted by Crippen LogP contribution is -2.52. The zero-order valence-corrected chi connectivity index (χ0v) is 38.2. The molecule has 0 radical (unpaired) electrons. The number of nitrogens with zero attached hydrogens (tertiary/aromatic N) is 6. The molecule has 2 heterocycles. The van der Waals surface area contributed by atoms with Crippen molar-refractivity contribution in [3.63, 3.8) is 0 Å². The van der Waals surface area contributed by atoms with Gasteiger partial charge in [-0.3, -0.25) is 33.9 Å². The molecule has 0 spiro atoms. The number of hydrogen-bond acceptors (Lipinski definition) is 8. The minimum Gasteiger partial charge on any atom is -0.376 e. The monoisotopic (exact) mass is 896 g/mol. The maximum atomic E-state index is 15.1. The van der Waals surface area contributed by atoms with Crippen LogP contribution in [-0.4, -0.2) is 91.8 Å². The first kappa shape index (κ1) is 47.0. The average Bonchev–Trinajstić information content (AvgIpc) is 3.37. The number of anilines is 1. The number of amides is 5. The Bertz CT molecular complexity index is 2810. The van der Waals surface area contributed by atoms with E-state index in [1.165, 1.54) is 19.6 Å². The molecule has 7 aromatic rings. The van der Waals surface area contributed by atoms with Crippen molar-refractivity contribution >= 4 is 57.0 Å². The number of rotatable bonds is 19. The van der Waals surface area contributed by atoms with Crippen LogP contribution in [0, 0.1) is 0 Å². The zero-order valence-electron chi connectivity index (χ0n) is 38.2. The quantitative estimate of drug-likeness (QED) is 0.0772. The second kappa shape index (κ2) is 21.8. The highest BCUT2D eigenvalue weighted by molar-refractivity contribution is 6.09. The van der Waals surface area contributed by atoms with E-state index in [0.29, 0.717) is 11.2 Å². The lowest BCUT2D eigenvalue weighted by atomic mass is 10.0. The van der Waals surface area contributed by atoms with Gasteiger partial charge >= 0.3 is 0 Å². The standard InChI is InChI=1S/C54H56N8O5/c1-37(41-19-9-5-10-20-41)59(33-48(55)63)50(65)35-61(39(3)43-23-13-7-14-24-43)52(67)36-62(40(4)44-25-15-8-16-26-44)51(66)34-60(38(2)42-21-11-6-12-22-42)49(64)32-58-47-31-45-27-17-29-56-53(45)54-46(47)28-18-30-57-54/h5-31,37-40,58H,32-36H2,1-4H3,(H2,55,63)/t37-,38-,39-,40-/m0/s1. The van der Waals surface area contributed by atoms with Crippen LogP contribution >= 0.6 is 0 Å². The van der Waals surface area contributed by atoms with Gasteiger partial charge in [-0.05, 0) is 74.2 Å². The van der Waals surface area contributed by atoms with E-state index in [1.807, 2.05) is 179 Å². The number of benzene rings is 5. The summed E-state index contributed by atoms with van der Waals surface area (Å²) in [5.41, 5.74) is 11.0. The van der Waals surface area contributed by atoms with E-state index in [-0.39, 0.29) is 25.5 Å². The fraction of sp³-hybridized carbons (Fsp3) is 0.241. The normalized spacial score (nSPS) is 12.9. The Morgan fingerprint density at radius 3 is 1.22 bits per heavy atom. The van der Waals surface area contributed by atoms with Crippen molar-refractivity contribution in [3.05, 3.63) is 186 Å². The number of carbonyl (C=O) groups is 5. The minimum atomic E-state index is -0.697. The molecule has 4 atom stereocenters. The number of nitrogens with one attached hydrogen (secondary N) is 1. The lowest BCUT2D eigenvalue weighted by molar-refractivity contribution is -0.150. The van der Waals surface area contributed by atoms with Gasteiger partial charge in [-0.2, -0.15) is 0 Å². The van der Waals surface area contributed by atoms with Crippen LogP contribution in [0.1, 0.15) is 74.1 Å². The fourth-order valence-electron chi connectivity index (χ4n) is 8.48. The van der Waals surface area contributed by atoms with Crippen molar-refractivity contribution < 1.29 is 24.0 Å². The molecule has 67 heavy (non-hydrogen) atoms. The van der Waals surface area contributed by atoms with Crippen LogP contribution < -0.4 is 11.1 Å². The second-order valence-electron chi connectivity index (χ2n) is 16.7. The van der Waals surface area contributed by atoms with Crippen LogP contribution in [0.3, 0.4) is 0 Å². The number of primary amides is 1. The third-order valence-electron chi connectivity index (χ3n) is 12.4. The first-order valence-corrected chi connectivity index (χ1v) is 22.4. The summed E-state index contributed by atoms with van der Waals surface area (Å²) in [5.74, 6) is -2.52. The molecule has 342 valence electrons. The zero-order chi connectivity index (χ0) is 47.5. The molecule has 0 bridgehead atoms. The van der Waals surface area contributed by atoms with Gasteiger partial charge in [0, 0.05) is 28.9 Å². The first-order valence-electron chi connectivity index (χ1n) is 22.4. The molecule has 0 saturated carbocycles. The molecule has 13 heteroatoms. The Hall–Kier alpha value is -7.93. The van der Waals surface area contributed by atoms with Gasteiger partial charge in [-0.15, -0.1) is 0 Å². The van der Waals surface area contributed by atoms with Crippen LogP contribution in [0.25, 0.3) is 21.8 Å². The Morgan fingerprint density at radius 2 is 0.821 bits per heavy atom. The van der Waals surface area contributed by atoms with Crippen LogP contribution in [0.4, 0.5) is 5.69 Å². The van der Waals surface area contributed by atoms with E-state index in [1.54, 1.807) is 12.4 Å². The maximum Gasteiger partial charge on any atom is 0.243 e. The Labute approximate surface area is 391 Å². The number of hydrogen-bond donors (Lipinski definition) is 2. The highest BCUT2D eigenvalue weighted by Gasteiger charge is 2.34. The van der Waals surface area contributed by atoms with E-state index in [9.17, 15) is 14.4 Å². The maximum absolute atomic E-state index is 15.1. The largest absolute Gasteiger partial charge is 0.376 e. The molecule has 5 amide bonds. The van der Waals surface area contributed by atoms with Crippen molar-refractivity contribution in [2.24, 2.45) is 5.73 Å². The van der Waals surface area contributed by atoms with Gasteiger partial charge in [-0.1, -0.05) is 127 Å². The Balaban J connectivity index is 1.21. The van der Waals surface area contributed by atoms with E-state index in [2.05, 4.69) is 15.3 Å². The minimum absolute atomic E-state index is 0.152. The summed E-state index contributed by atoms with van der Waals surface area (Å²) in [6.45, 7) is 5.64. The van der Waals surface area contributed by atoms with E-state index < -0.39 is 60.9 Å². The molecule has 0 unspecified atom stereocenters. The SMILES string of the molecule is C[C@@H](c1ccccc1)N(CC(N)=O)C(=O)CN(C(=O)CN(C(=O)CN(C(=O)CNc1cc2cccnc2c2ncccc12)[C@@H](C)c1ccccc1)[C@@H](C)c1ccccc1)[C@@H](C)c1ccccc1. The van der Waals surface area contributed by atoms with Crippen LogP contribution in [0.2, 0.25) is 0 Å². The van der Waals surface area contributed by atoms with Crippen molar-refractivity contribution in [2.45, 2.75) is 51.9 Å². The van der Waals surface area contributed by atoms with E-state index in [4.69, 9.17) is 5.73 Å². The summed E-state index contributed by atoms with van der Waals surface area (Å²) in [7, 11) is 0. The van der Waals surface area contributed by atoms with Crippen molar-refractivity contribution in [1.82, 2.24) is 29.6 Å². The molecular weight excluding hydrogens is 841 g/mol. The van der Waals surface area contributed by atoms with Gasteiger partial charge in [0.1, 0.15) is 19.6 Å². The van der Waals surface area contributed by atoms with Crippen molar-refractivity contribution in [1.29, 1.82) is 0 Å². The molecule has 13 nitrogen and oxygen atoms in total.